The SMILES string of the molecule is COc1ncccc1-c1ccc(C#N)cc1F. The summed E-state index contributed by atoms with van der Waals surface area (Å²) in [6.07, 6.45) is 1.57. The summed E-state index contributed by atoms with van der Waals surface area (Å²) >= 11 is 0. The van der Waals surface area contributed by atoms with Gasteiger partial charge in [0, 0.05) is 17.3 Å². The molecule has 1 aromatic heterocycles. The number of benzene rings is 1. The molecule has 0 spiro atoms. The molecule has 0 aliphatic rings. The summed E-state index contributed by atoms with van der Waals surface area (Å²) in [6.45, 7) is 0. The molecule has 0 aliphatic carbocycles. The van der Waals surface area contributed by atoms with Crippen molar-refractivity contribution in [2.24, 2.45) is 0 Å². The number of nitrogens with zero attached hydrogens (tertiary/aromatic N) is 2. The zero-order chi connectivity index (χ0) is 12.3. The van der Waals surface area contributed by atoms with Crippen LogP contribution in [0.1, 0.15) is 5.56 Å². The molecule has 0 bridgehead atoms. The van der Waals surface area contributed by atoms with E-state index in [9.17, 15) is 4.39 Å². The maximum absolute atomic E-state index is 13.8. The molecule has 0 amide bonds. The van der Waals surface area contributed by atoms with Crippen molar-refractivity contribution >= 4 is 0 Å². The van der Waals surface area contributed by atoms with E-state index in [0.29, 0.717) is 17.0 Å². The third-order valence-corrected chi connectivity index (χ3v) is 2.35. The lowest BCUT2D eigenvalue weighted by Crippen LogP contribution is -1.93. The van der Waals surface area contributed by atoms with Crippen LogP contribution in [0.3, 0.4) is 0 Å². The smallest absolute Gasteiger partial charge is 0.221 e. The molecule has 84 valence electrons. The molecule has 1 heterocycles. The molecule has 0 radical (unpaired) electrons. The molecule has 2 rings (SSSR count). The highest BCUT2D eigenvalue weighted by atomic mass is 19.1. The Bertz CT molecular complexity index is 590. The number of methoxy groups -OCH3 is 1. The predicted molar refractivity (Wildman–Crippen MR) is 60.9 cm³/mol. The summed E-state index contributed by atoms with van der Waals surface area (Å²) in [4.78, 5) is 4.00. The van der Waals surface area contributed by atoms with Gasteiger partial charge in [0.2, 0.25) is 5.88 Å². The lowest BCUT2D eigenvalue weighted by atomic mass is 10.0. The minimum absolute atomic E-state index is 0.286. The van der Waals surface area contributed by atoms with Crippen LogP contribution >= 0.6 is 0 Å². The van der Waals surface area contributed by atoms with Crippen molar-refractivity contribution in [3.8, 4) is 23.1 Å². The number of aromatic nitrogens is 1. The van der Waals surface area contributed by atoms with Gasteiger partial charge in [-0.1, -0.05) is 0 Å². The van der Waals surface area contributed by atoms with E-state index < -0.39 is 5.82 Å². The molecule has 3 nitrogen and oxygen atoms in total. The van der Waals surface area contributed by atoms with Gasteiger partial charge in [-0.3, -0.25) is 0 Å². The standard InChI is InChI=1S/C13H9FN2O/c1-17-13-11(3-2-6-16-13)10-5-4-9(8-15)7-12(10)14/h2-7H,1H3. The molecule has 0 saturated heterocycles. The Hall–Kier alpha value is -2.41. The summed E-state index contributed by atoms with van der Waals surface area (Å²) in [5, 5.41) is 8.67. The Kier molecular flexibility index (Phi) is 3.01. The number of rotatable bonds is 2. The second kappa shape index (κ2) is 4.62. The molecule has 0 saturated carbocycles. The van der Waals surface area contributed by atoms with E-state index in [0.717, 1.165) is 0 Å². The predicted octanol–water partition coefficient (Wildman–Crippen LogP) is 2.77. The van der Waals surface area contributed by atoms with E-state index >= 15 is 0 Å². The summed E-state index contributed by atoms with van der Waals surface area (Å²) in [7, 11) is 1.48. The first-order chi connectivity index (χ1) is 8.26. The first-order valence-electron chi connectivity index (χ1n) is 4.95. The molecule has 0 fully saturated rings. The van der Waals surface area contributed by atoms with Crippen LogP contribution in [-0.2, 0) is 0 Å². The van der Waals surface area contributed by atoms with Crippen molar-refractivity contribution in [1.29, 1.82) is 5.26 Å². The summed E-state index contributed by atoms with van der Waals surface area (Å²) in [6, 6.07) is 9.62. The number of halogens is 1. The maximum Gasteiger partial charge on any atom is 0.221 e. The van der Waals surface area contributed by atoms with Gasteiger partial charge >= 0.3 is 0 Å². The molecule has 2 aromatic rings. The van der Waals surface area contributed by atoms with Gasteiger partial charge in [0.25, 0.3) is 0 Å². The lowest BCUT2D eigenvalue weighted by molar-refractivity contribution is 0.399. The minimum atomic E-state index is -0.463. The highest BCUT2D eigenvalue weighted by Crippen LogP contribution is 2.29. The largest absolute Gasteiger partial charge is 0.481 e. The van der Waals surface area contributed by atoms with Crippen LogP contribution < -0.4 is 4.74 Å². The molecular weight excluding hydrogens is 219 g/mol. The van der Waals surface area contributed by atoms with Crippen molar-refractivity contribution in [3.05, 3.63) is 47.9 Å². The van der Waals surface area contributed by atoms with Crippen molar-refractivity contribution < 1.29 is 9.13 Å². The van der Waals surface area contributed by atoms with E-state index in [4.69, 9.17) is 10.00 Å². The molecular formula is C13H9FN2O. The van der Waals surface area contributed by atoms with Gasteiger partial charge in [0.15, 0.2) is 0 Å². The highest BCUT2D eigenvalue weighted by Gasteiger charge is 2.11. The summed E-state index contributed by atoms with van der Waals surface area (Å²) in [5.41, 5.74) is 1.22. The Morgan fingerprint density at radius 2 is 2.12 bits per heavy atom. The molecule has 0 atom stereocenters. The molecule has 0 aliphatic heterocycles. The van der Waals surface area contributed by atoms with E-state index in [1.807, 2.05) is 6.07 Å². The average molecular weight is 228 g/mol. The fourth-order valence-electron chi connectivity index (χ4n) is 1.56. The Morgan fingerprint density at radius 1 is 1.29 bits per heavy atom. The Labute approximate surface area is 98.1 Å². The second-order valence-corrected chi connectivity index (χ2v) is 3.37. The van der Waals surface area contributed by atoms with Crippen LogP contribution in [0, 0.1) is 17.1 Å². The van der Waals surface area contributed by atoms with Gasteiger partial charge in [-0.25, -0.2) is 9.37 Å². The second-order valence-electron chi connectivity index (χ2n) is 3.37. The van der Waals surface area contributed by atoms with Crippen LogP contribution in [-0.4, -0.2) is 12.1 Å². The fourth-order valence-corrected chi connectivity index (χ4v) is 1.56. The lowest BCUT2D eigenvalue weighted by Gasteiger charge is -2.07. The maximum atomic E-state index is 13.8. The van der Waals surface area contributed by atoms with E-state index in [1.54, 1.807) is 30.5 Å². The first-order valence-corrected chi connectivity index (χ1v) is 4.95. The van der Waals surface area contributed by atoms with Crippen molar-refractivity contribution in [2.75, 3.05) is 7.11 Å². The van der Waals surface area contributed by atoms with Gasteiger partial charge in [-0.15, -0.1) is 0 Å². The molecule has 0 unspecified atom stereocenters. The quantitative estimate of drug-likeness (QED) is 0.793. The number of nitriles is 1. The first kappa shape index (κ1) is 11.1. The van der Waals surface area contributed by atoms with Gasteiger partial charge in [-0.05, 0) is 30.3 Å². The molecule has 1 aromatic carbocycles. The zero-order valence-electron chi connectivity index (χ0n) is 9.14. The average Bonchev–Trinajstić information content (AvgIpc) is 2.38. The third-order valence-electron chi connectivity index (χ3n) is 2.35. The van der Waals surface area contributed by atoms with Gasteiger partial charge in [0.1, 0.15) is 5.82 Å². The number of ether oxygens (including phenoxy) is 1. The molecule has 17 heavy (non-hydrogen) atoms. The van der Waals surface area contributed by atoms with Gasteiger partial charge in [-0.2, -0.15) is 5.26 Å². The van der Waals surface area contributed by atoms with E-state index in [1.165, 1.54) is 13.2 Å². The normalized spacial score (nSPS) is 9.71. The minimum Gasteiger partial charge on any atom is -0.481 e. The third kappa shape index (κ3) is 2.08. The zero-order valence-corrected chi connectivity index (χ0v) is 9.14. The summed E-state index contributed by atoms with van der Waals surface area (Å²) in [5.74, 6) is -0.105. The van der Waals surface area contributed by atoms with Crippen LogP contribution in [0.15, 0.2) is 36.5 Å². The van der Waals surface area contributed by atoms with E-state index in [-0.39, 0.29) is 5.56 Å². The van der Waals surface area contributed by atoms with Gasteiger partial charge in [0.05, 0.1) is 18.7 Å². The Balaban J connectivity index is 2.57. The summed E-state index contributed by atoms with van der Waals surface area (Å²) < 4.78 is 18.9. The number of hydrogen-bond donors (Lipinski definition) is 0. The van der Waals surface area contributed by atoms with Crippen LogP contribution in [0.25, 0.3) is 11.1 Å². The van der Waals surface area contributed by atoms with Crippen molar-refractivity contribution in [1.82, 2.24) is 4.98 Å². The van der Waals surface area contributed by atoms with E-state index in [2.05, 4.69) is 4.98 Å². The van der Waals surface area contributed by atoms with Crippen LogP contribution in [0.2, 0.25) is 0 Å². The molecule has 4 heteroatoms. The molecule has 0 N–H and O–H groups in total. The van der Waals surface area contributed by atoms with Crippen molar-refractivity contribution in [2.45, 2.75) is 0 Å². The fraction of sp³-hybridized carbons (Fsp3) is 0.0769. The van der Waals surface area contributed by atoms with Crippen molar-refractivity contribution in [3.63, 3.8) is 0 Å². The van der Waals surface area contributed by atoms with Gasteiger partial charge < -0.3 is 4.74 Å². The number of pyridine rings is 1. The number of hydrogen-bond acceptors (Lipinski definition) is 3. The highest BCUT2D eigenvalue weighted by molar-refractivity contribution is 5.69. The monoisotopic (exact) mass is 228 g/mol. The Morgan fingerprint density at radius 3 is 2.76 bits per heavy atom. The topological polar surface area (TPSA) is 45.9 Å². The van der Waals surface area contributed by atoms with Crippen LogP contribution in [0.4, 0.5) is 4.39 Å². The van der Waals surface area contributed by atoms with Crippen LogP contribution in [0.5, 0.6) is 5.88 Å².